The molecule has 0 saturated heterocycles. The summed E-state index contributed by atoms with van der Waals surface area (Å²) in [6, 6.07) is 21.5. The van der Waals surface area contributed by atoms with Crippen LogP contribution >= 0.6 is 0 Å². The first-order valence-corrected chi connectivity index (χ1v) is 16.1. The molecule has 0 unspecified atom stereocenters. The summed E-state index contributed by atoms with van der Waals surface area (Å²) in [4.78, 5) is 10.2. The molecule has 4 nitrogen and oxygen atoms in total. The zero-order chi connectivity index (χ0) is 32.6. The Labute approximate surface area is 267 Å². The van der Waals surface area contributed by atoms with Gasteiger partial charge >= 0.3 is 0 Å². The van der Waals surface area contributed by atoms with E-state index < -0.39 is 0 Å². The SMILES string of the molecule is CC(/C=C(\C)Nc1ccc(N/C(C)=C/C(C)=Nc2c(C(C)C)cccc2C(C)C)cc1)=Nc1c(C(C)C)cccc1C(C)C. The second-order valence-electron chi connectivity index (χ2n) is 13.2. The Morgan fingerprint density at radius 3 is 1.00 bits per heavy atom. The average Bonchev–Trinajstić information content (AvgIpc) is 2.93. The van der Waals surface area contributed by atoms with Crippen LogP contribution in [0.3, 0.4) is 0 Å². The van der Waals surface area contributed by atoms with Crippen molar-refractivity contribution in [3.8, 4) is 0 Å². The lowest BCUT2D eigenvalue weighted by atomic mass is 9.93. The predicted octanol–water partition coefficient (Wildman–Crippen LogP) is 12.4. The second kappa shape index (κ2) is 15.7. The van der Waals surface area contributed by atoms with E-state index >= 15 is 0 Å². The van der Waals surface area contributed by atoms with Crippen LogP contribution in [0.1, 0.15) is 129 Å². The van der Waals surface area contributed by atoms with Gasteiger partial charge in [-0.3, -0.25) is 9.98 Å². The highest BCUT2D eigenvalue weighted by Crippen LogP contribution is 2.36. The van der Waals surface area contributed by atoms with Gasteiger partial charge in [0.05, 0.1) is 11.4 Å². The van der Waals surface area contributed by atoms with Gasteiger partial charge in [-0.05, 0) is 110 Å². The molecule has 0 heterocycles. The number of anilines is 2. The number of nitrogens with zero attached hydrogens (tertiary/aromatic N) is 2. The van der Waals surface area contributed by atoms with Gasteiger partial charge in [0, 0.05) is 34.2 Å². The van der Waals surface area contributed by atoms with Crippen LogP contribution in [0.2, 0.25) is 0 Å². The van der Waals surface area contributed by atoms with Gasteiger partial charge in [0.2, 0.25) is 0 Å². The first-order valence-electron chi connectivity index (χ1n) is 16.1. The molecule has 0 spiro atoms. The summed E-state index contributed by atoms with van der Waals surface area (Å²) >= 11 is 0. The molecule has 234 valence electrons. The van der Waals surface area contributed by atoms with Crippen LogP contribution in [0.25, 0.3) is 0 Å². The minimum atomic E-state index is 0.421. The Hall–Kier alpha value is -3.92. The third-order valence-corrected chi connectivity index (χ3v) is 7.68. The standard InChI is InChI=1S/C40H54N4/c1-25(2)35-15-13-16-36(26(3)4)39(35)43-31(11)23-29(9)41-33-19-21-34(22-20-33)42-30(10)24-32(12)44-40-37(27(5)6)17-14-18-38(40)28(7)8/h13-28,41-42H,1-12H3/b29-23+,30-24+,43-31?,44-32?. The fraction of sp³-hybridized carbons (Fsp3) is 0.400. The van der Waals surface area contributed by atoms with Crippen LogP contribution in [-0.4, -0.2) is 11.4 Å². The van der Waals surface area contributed by atoms with Crippen LogP contribution in [-0.2, 0) is 0 Å². The molecule has 3 aromatic carbocycles. The van der Waals surface area contributed by atoms with E-state index in [1.807, 2.05) is 0 Å². The monoisotopic (exact) mass is 590 g/mol. The van der Waals surface area contributed by atoms with Gasteiger partial charge < -0.3 is 10.6 Å². The molecule has 4 heteroatoms. The quantitative estimate of drug-likeness (QED) is 0.206. The zero-order valence-electron chi connectivity index (χ0n) is 29.1. The highest BCUT2D eigenvalue weighted by molar-refractivity contribution is 5.96. The van der Waals surface area contributed by atoms with Crippen LogP contribution in [0.4, 0.5) is 22.7 Å². The number of rotatable bonds is 12. The predicted molar refractivity (Wildman–Crippen MR) is 196 cm³/mol. The maximum Gasteiger partial charge on any atom is 0.0701 e. The molecule has 0 radical (unpaired) electrons. The third kappa shape index (κ3) is 9.54. The Morgan fingerprint density at radius 2 is 0.750 bits per heavy atom. The Balaban J connectivity index is 1.73. The lowest BCUT2D eigenvalue weighted by Gasteiger charge is -2.17. The normalized spacial score (nSPS) is 13.5. The number of allylic oxidation sites excluding steroid dienone is 4. The van der Waals surface area contributed by atoms with Crippen molar-refractivity contribution in [1.29, 1.82) is 0 Å². The Bertz CT molecular complexity index is 1360. The smallest absolute Gasteiger partial charge is 0.0701 e. The molecule has 0 aliphatic carbocycles. The van der Waals surface area contributed by atoms with Gasteiger partial charge in [0.1, 0.15) is 0 Å². The summed E-state index contributed by atoms with van der Waals surface area (Å²) in [6.07, 6.45) is 4.23. The molecular formula is C40H54N4. The molecule has 0 aliphatic rings. The van der Waals surface area contributed by atoms with Crippen molar-refractivity contribution in [3.05, 3.63) is 106 Å². The fourth-order valence-electron chi connectivity index (χ4n) is 5.49. The number of benzene rings is 3. The topological polar surface area (TPSA) is 48.8 Å². The van der Waals surface area contributed by atoms with E-state index in [1.165, 1.54) is 22.3 Å². The summed E-state index contributed by atoms with van der Waals surface area (Å²) in [6.45, 7) is 26.2. The van der Waals surface area contributed by atoms with Crippen molar-refractivity contribution in [1.82, 2.24) is 0 Å². The van der Waals surface area contributed by atoms with Crippen molar-refractivity contribution in [2.75, 3.05) is 10.6 Å². The Kier molecular flexibility index (Phi) is 12.3. The maximum absolute atomic E-state index is 5.08. The molecule has 0 atom stereocenters. The lowest BCUT2D eigenvalue weighted by molar-refractivity contribution is 0.834. The van der Waals surface area contributed by atoms with E-state index in [1.54, 1.807) is 0 Å². The molecule has 3 aromatic rings. The molecule has 0 aliphatic heterocycles. The minimum Gasteiger partial charge on any atom is -0.359 e. The molecule has 2 N–H and O–H groups in total. The maximum atomic E-state index is 5.08. The van der Waals surface area contributed by atoms with Crippen LogP contribution in [0, 0.1) is 0 Å². The van der Waals surface area contributed by atoms with Crippen LogP contribution in [0.15, 0.2) is 94.2 Å². The molecule has 0 amide bonds. The van der Waals surface area contributed by atoms with E-state index in [0.29, 0.717) is 23.7 Å². The summed E-state index contributed by atoms with van der Waals surface area (Å²) < 4.78 is 0. The minimum absolute atomic E-state index is 0.421. The number of aliphatic imine (C=N–C) groups is 2. The van der Waals surface area contributed by atoms with E-state index in [4.69, 9.17) is 9.98 Å². The van der Waals surface area contributed by atoms with E-state index in [2.05, 4.69) is 167 Å². The second-order valence-corrected chi connectivity index (χ2v) is 13.2. The number of nitrogens with one attached hydrogen (secondary N) is 2. The summed E-state index contributed by atoms with van der Waals surface area (Å²) in [5.74, 6) is 1.68. The van der Waals surface area contributed by atoms with Gasteiger partial charge in [-0.15, -0.1) is 0 Å². The van der Waals surface area contributed by atoms with Gasteiger partial charge in [0.15, 0.2) is 0 Å². The van der Waals surface area contributed by atoms with Crippen molar-refractivity contribution in [2.45, 2.75) is 107 Å². The van der Waals surface area contributed by atoms with Gasteiger partial charge in [-0.25, -0.2) is 0 Å². The Morgan fingerprint density at radius 1 is 0.477 bits per heavy atom. The molecule has 0 aromatic heterocycles. The molecule has 3 rings (SSSR count). The molecular weight excluding hydrogens is 536 g/mol. The number of hydrogen-bond acceptors (Lipinski definition) is 4. The first kappa shape index (κ1) is 34.6. The molecule has 0 fully saturated rings. The highest BCUT2D eigenvalue weighted by Gasteiger charge is 2.14. The summed E-state index contributed by atoms with van der Waals surface area (Å²) in [5.41, 5.74) is 13.5. The highest BCUT2D eigenvalue weighted by atomic mass is 14.9. The van der Waals surface area contributed by atoms with Crippen LogP contribution in [0.5, 0.6) is 0 Å². The summed E-state index contributed by atoms with van der Waals surface area (Å²) in [5, 5.41) is 7.04. The zero-order valence-corrected chi connectivity index (χ0v) is 29.1. The van der Waals surface area contributed by atoms with E-state index in [0.717, 1.165) is 45.6 Å². The van der Waals surface area contributed by atoms with Gasteiger partial charge in [-0.2, -0.15) is 0 Å². The largest absolute Gasteiger partial charge is 0.359 e. The van der Waals surface area contributed by atoms with E-state index in [-0.39, 0.29) is 0 Å². The lowest BCUT2D eigenvalue weighted by Crippen LogP contribution is -2.01. The third-order valence-electron chi connectivity index (χ3n) is 7.68. The van der Waals surface area contributed by atoms with Crippen molar-refractivity contribution >= 4 is 34.2 Å². The first-order chi connectivity index (χ1) is 20.8. The number of hydrogen-bond donors (Lipinski definition) is 2. The molecule has 0 saturated carbocycles. The molecule has 0 bridgehead atoms. The molecule has 44 heavy (non-hydrogen) atoms. The van der Waals surface area contributed by atoms with Crippen molar-refractivity contribution in [2.24, 2.45) is 9.98 Å². The van der Waals surface area contributed by atoms with Crippen molar-refractivity contribution in [3.63, 3.8) is 0 Å². The fourth-order valence-corrected chi connectivity index (χ4v) is 5.49. The van der Waals surface area contributed by atoms with Crippen molar-refractivity contribution < 1.29 is 0 Å². The summed E-state index contributed by atoms with van der Waals surface area (Å²) in [7, 11) is 0. The van der Waals surface area contributed by atoms with E-state index in [9.17, 15) is 0 Å². The number of para-hydroxylation sites is 2. The van der Waals surface area contributed by atoms with Gasteiger partial charge in [-0.1, -0.05) is 91.8 Å². The van der Waals surface area contributed by atoms with Crippen LogP contribution < -0.4 is 10.6 Å². The van der Waals surface area contributed by atoms with Gasteiger partial charge in [0.25, 0.3) is 0 Å². The average molecular weight is 591 g/mol.